The number of hydrogen-bond acceptors (Lipinski definition) is 2. The summed E-state index contributed by atoms with van der Waals surface area (Å²) in [5, 5.41) is 6.13. The van der Waals surface area contributed by atoms with Crippen LogP contribution < -0.4 is 0 Å². The molecule has 0 amide bonds. The number of benzene rings is 1. The summed E-state index contributed by atoms with van der Waals surface area (Å²) in [6.45, 7) is 0. The van der Waals surface area contributed by atoms with Gasteiger partial charge in [-0.2, -0.15) is 5.10 Å². The quantitative estimate of drug-likeness (QED) is 0.728. The van der Waals surface area contributed by atoms with Crippen LogP contribution in [-0.4, -0.2) is 15.2 Å². The molecule has 1 aromatic heterocycles. The highest BCUT2D eigenvalue weighted by atomic mass is 19.1. The van der Waals surface area contributed by atoms with Gasteiger partial charge < -0.3 is 0 Å². The highest BCUT2D eigenvalue weighted by Crippen LogP contribution is 2.18. The van der Waals surface area contributed by atoms with Crippen molar-refractivity contribution in [1.82, 2.24) is 15.2 Å². The minimum absolute atomic E-state index is 0.183. The predicted molar refractivity (Wildman–Crippen MR) is 41.7 cm³/mol. The number of hydrogen-bond donors (Lipinski definition) is 1. The fraction of sp³-hybridized carbons (Fsp3) is 0. The zero-order chi connectivity index (χ0) is 9.26. The molecule has 0 aliphatic heterocycles. The van der Waals surface area contributed by atoms with Crippen molar-refractivity contribution in [3.63, 3.8) is 0 Å². The smallest absolute Gasteiger partial charge is 0.183 e. The molecule has 0 fully saturated rings. The summed E-state index contributed by atoms with van der Waals surface area (Å²) in [6.07, 6.45) is 1.33. The molecule has 1 aromatic carbocycles. The summed E-state index contributed by atoms with van der Waals surface area (Å²) < 4.78 is 25.6. The lowest BCUT2D eigenvalue weighted by atomic mass is 10.2. The van der Waals surface area contributed by atoms with Crippen molar-refractivity contribution < 1.29 is 8.78 Å². The zero-order valence-electron chi connectivity index (χ0n) is 6.46. The number of aromatic nitrogens is 3. The number of H-pyrrole nitrogens is 1. The second kappa shape index (κ2) is 2.93. The van der Waals surface area contributed by atoms with E-state index < -0.39 is 11.6 Å². The maximum Gasteiger partial charge on any atom is 0.183 e. The second-order valence-corrected chi connectivity index (χ2v) is 2.45. The van der Waals surface area contributed by atoms with Gasteiger partial charge in [-0.05, 0) is 12.1 Å². The van der Waals surface area contributed by atoms with E-state index in [0.29, 0.717) is 0 Å². The third-order valence-corrected chi connectivity index (χ3v) is 1.59. The van der Waals surface area contributed by atoms with Gasteiger partial charge in [0, 0.05) is 6.07 Å². The molecule has 13 heavy (non-hydrogen) atoms. The van der Waals surface area contributed by atoms with Crippen LogP contribution in [0.2, 0.25) is 0 Å². The van der Waals surface area contributed by atoms with Crippen LogP contribution in [0.5, 0.6) is 0 Å². The van der Waals surface area contributed by atoms with E-state index in [1.807, 2.05) is 0 Å². The summed E-state index contributed by atoms with van der Waals surface area (Å²) in [7, 11) is 0. The Balaban J connectivity index is 2.53. The molecule has 0 radical (unpaired) electrons. The Morgan fingerprint density at radius 1 is 1.23 bits per heavy atom. The Hall–Kier alpha value is -1.78. The SMILES string of the molecule is Fc1ccc(-c2nc[nH]n2)c(F)c1. The molecule has 0 unspecified atom stereocenters. The molecule has 0 bridgehead atoms. The fourth-order valence-corrected chi connectivity index (χ4v) is 1.01. The molecule has 0 aliphatic carbocycles. The average Bonchev–Trinajstić information content (AvgIpc) is 2.56. The van der Waals surface area contributed by atoms with E-state index in [-0.39, 0.29) is 11.4 Å². The van der Waals surface area contributed by atoms with Crippen LogP contribution in [0, 0.1) is 11.6 Å². The summed E-state index contributed by atoms with van der Waals surface area (Å²) in [4.78, 5) is 3.75. The molecular weight excluding hydrogens is 176 g/mol. The zero-order valence-corrected chi connectivity index (χ0v) is 6.46. The molecule has 5 heteroatoms. The lowest BCUT2D eigenvalue weighted by Gasteiger charge is -1.96. The van der Waals surface area contributed by atoms with E-state index in [1.54, 1.807) is 0 Å². The van der Waals surface area contributed by atoms with E-state index in [2.05, 4.69) is 15.2 Å². The van der Waals surface area contributed by atoms with Gasteiger partial charge in [0.1, 0.15) is 18.0 Å². The first-order valence-electron chi connectivity index (χ1n) is 3.58. The van der Waals surface area contributed by atoms with Crippen LogP contribution in [0.3, 0.4) is 0 Å². The molecule has 3 nitrogen and oxygen atoms in total. The van der Waals surface area contributed by atoms with Crippen molar-refractivity contribution in [3.05, 3.63) is 36.2 Å². The summed E-state index contributed by atoms with van der Waals surface area (Å²) >= 11 is 0. The van der Waals surface area contributed by atoms with E-state index in [4.69, 9.17) is 0 Å². The van der Waals surface area contributed by atoms with Crippen molar-refractivity contribution in [2.45, 2.75) is 0 Å². The van der Waals surface area contributed by atoms with Crippen molar-refractivity contribution in [1.29, 1.82) is 0 Å². The van der Waals surface area contributed by atoms with Gasteiger partial charge in [0.2, 0.25) is 0 Å². The van der Waals surface area contributed by atoms with Crippen molar-refractivity contribution >= 4 is 0 Å². The lowest BCUT2D eigenvalue weighted by molar-refractivity contribution is 0.585. The second-order valence-electron chi connectivity index (χ2n) is 2.45. The minimum Gasteiger partial charge on any atom is -0.265 e. The van der Waals surface area contributed by atoms with Gasteiger partial charge in [0.05, 0.1) is 5.56 Å². The molecule has 1 N–H and O–H groups in total. The Bertz CT molecular complexity index is 411. The molecule has 2 aromatic rings. The molecule has 0 aliphatic rings. The number of rotatable bonds is 1. The molecule has 0 atom stereocenters. The van der Waals surface area contributed by atoms with Gasteiger partial charge in [0.25, 0.3) is 0 Å². The van der Waals surface area contributed by atoms with E-state index >= 15 is 0 Å². The van der Waals surface area contributed by atoms with Crippen molar-refractivity contribution in [2.75, 3.05) is 0 Å². The first kappa shape index (κ1) is 7.85. The Labute approximate surface area is 72.4 Å². The van der Waals surface area contributed by atoms with Crippen LogP contribution in [0.1, 0.15) is 0 Å². The molecule has 0 saturated heterocycles. The number of halogens is 2. The van der Waals surface area contributed by atoms with Crippen LogP contribution in [0.4, 0.5) is 8.78 Å². The van der Waals surface area contributed by atoms with Crippen LogP contribution in [0.25, 0.3) is 11.4 Å². The van der Waals surface area contributed by atoms with Gasteiger partial charge >= 0.3 is 0 Å². The number of aromatic amines is 1. The highest BCUT2D eigenvalue weighted by Gasteiger charge is 2.08. The largest absolute Gasteiger partial charge is 0.265 e. The van der Waals surface area contributed by atoms with Gasteiger partial charge in [-0.3, -0.25) is 5.10 Å². The Morgan fingerprint density at radius 3 is 2.69 bits per heavy atom. The first-order chi connectivity index (χ1) is 6.27. The maximum absolute atomic E-state index is 13.1. The molecule has 66 valence electrons. The Kier molecular flexibility index (Phi) is 1.77. The third-order valence-electron chi connectivity index (χ3n) is 1.59. The topological polar surface area (TPSA) is 41.6 Å². The number of nitrogens with zero attached hydrogens (tertiary/aromatic N) is 2. The van der Waals surface area contributed by atoms with Gasteiger partial charge in [-0.15, -0.1) is 0 Å². The first-order valence-corrected chi connectivity index (χ1v) is 3.58. The normalized spacial score (nSPS) is 10.3. The fourth-order valence-electron chi connectivity index (χ4n) is 1.01. The van der Waals surface area contributed by atoms with Gasteiger partial charge in [0.15, 0.2) is 5.82 Å². The third kappa shape index (κ3) is 1.40. The predicted octanol–water partition coefficient (Wildman–Crippen LogP) is 1.75. The molecule has 0 saturated carbocycles. The summed E-state index contributed by atoms with van der Waals surface area (Å²) in [6, 6.07) is 3.26. The van der Waals surface area contributed by atoms with Gasteiger partial charge in [-0.1, -0.05) is 0 Å². The summed E-state index contributed by atoms with van der Waals surface area (Å²) in [5.74, 6) is -1.06. The average molecular weight is 181 g/mol. The minimum atomic E-state index is -0.667. The molecule has 0 spiro atoms. The monoisotopic (exact) mass is 181 g/mol. The van der Waals surface area contributed by atoms with Crippen LogP contribution in [0.15, 0.2) is 24.5 Å². The lowest BCUT2D eigenvalue weighted by Crippen LogP contribution is -1.87. The van der Waals surface area contributed by atoms with E-state index in [0.717, 1.165) is 12.1 Å². The summed E-state index contributed by atoms with van der Waals surface area (Å²) in [5.41, 5.74) is 0.183. The molecular formula is C8H5F2N3. The maximum atomic E-state index is 13.1. The molecule has 1 heterocycles. The van der Waals surface area contributed by atoms with Crippen molar-refractivity contribution in [2.24, 2.45) is 0 Å². The van der Waals surface area contributed by atoms with Crippen LogP contribution >= 0.6 is 0 Å². The van der Waals surface area contributed by atoms with Gasteiger partial charge in [-0.25, -0.2) is 13.8 Å². The molecule has 2 rings (SSSR count). The van der Waals surface area contributed by atoms with E-state index in [9.17, 15) is 8.78 Å². The van der Waals surface area contributed by atoms with E-state index in [1.165, 1.54) is 12.4 Å². The number of nitrogens with one attached hydrogen (secondary N) is 1. The standard InChI is InChI=1S/C8H5F2N3/c9-5-1-2-6(7(10)3-5)8-11-4-12-13-8/h1-4H,(H,11,12,13). The van der Waals surface area contributed by atoms with Crippen LogP contribution in [-0.2, 0) is 0 Å². The highest BCUT2D eigenvalue weighted by molar-refractivity contribution is 5.54. The Morgan fingerprint density at radius 2 is 2.08 bits per heavy atom. The van der Waals surface area contributed by atoms with Crippen molar-refractivity contribution in [3.8, 4) is 11.4 Å².